The molecule has 0 unspecified atom stereocenters. The quantitative estimate of drug-likeness (QED) is 0.713. The molecule has 2 aromatic heterocycles. The number of H-pyrrole nitrogens is 1. The minimum absolute atomic E-state index is 0.0603. The van der Waals surface area contributed by atoms with Gasteiger partial charge in [0.1, 0.15) is 0 Å². The largest absolute Gasteiger partial charge is 0.376 e. The molecule has 2 aliphatic heterocycles. The molecule has 2 N–H and O–H groups in total. The number of ether oxygens (including phenoxy) is 1. The molecule has 1 aromatic carbocycles. The van der Waals surface area contributed by atoms with Crippen molar-refractivity contribution in [2.24, 2.45) is 0 Å². The highest BCUT2D eigenvalue weighted by molar-refractivity contribution is 5.88. The molecule has 1 amide bonds. The number of aromatic amines is 1. The zero-order valence-corrected chi connectivity index (χ0v) is 16.4. The summed E-state index contributed by atoms with van der Waals surface area (Å²) in [5, 5.41) is 4.32. The van der Waals surface area contributed by atoms with Crippen LogP contribution >= 0.6 is 0 Å². The summed E-state index contributed by atoms with van der Waals surface area (Å²) in [6.45, 7) is 2.98. The number of carbonyl (C=O) groups is 1. The number of rotatable bonds is 4. The van der Waals surface area contributed by atoms with Crippen molar-refractivity contribution in [2.75, 3.05) is 24.6 Å². The summed E-state index contributed by atoms with van der Waals surface area (Å²) < 4.78 is 5.47. The van der Waals surface area contributed by atoms with E-state index >= 15 is 0 Å². The molecule has 0 bridgehead atoms. The number of carbonyl (C=O) groups excluding carboxylic acids is 1. The van der Waals surface area contributed by atoms with E-state index in [1.807, 2.05) is 30.6 Å². The fourth-order valence-electron chi connectivity index (χ4n) is 4.28. The Hall–Kier alpha value is -2.93. The van der Waals surface area contributed by atoms with Gasteiger partial charge in [0, 0.05) is 54.4 Å². The number of para-hydroxylation sites is 1. The van der Waals surface area contributed by atoms with E-state index in [1.54, 1.807) is 0 Å². The van der Waals surface area contributed by atoms with Gasteiger partial charge >= 0.3 is 0 Å². The highest BCUT2D eigenvalue weighted by Gasteiger charge is 2.24. The van der Waals surface area contributed by atoms with Crippen LogP contribution < -0.4 is 10.2 Å². The summed E-state index contributed by atoms with van der Waals surface area (Å²) in [7, 11) is 0. The molecule has 5 rings (SSSR count). The van der Waals surface area contributed by atoms with Gasteiger partial charge in [-0.05, 0) is 24.5 Å². The van der Waals surface area contributed by atoms with E-state index in [2.05, 4.69) is 26.3 Å². The summed E-state index contributed by atoms with van der Waals surface area (Å²) >= 11 is 0. The normalized spacial score (nSPS) is 19.2. The number of hydrogen-bond donors (Lipinski definition) is 2. The number of benzene rings is 1. The van der Waals surface area contributed by atoms with E-state index in [4.69, 9.17) is 9.72 Å². The second-order valence-electron chi connectivity index (χ2n) is 7.83. The van der Waals surface area contributed by atoms with Crippen LogP contribution in [0.15, 0.2) is 36.7 Å². The molecule has 0 spiro atoms. The van der Waals surface area contributed by atoms with Crippen LogP contribution in [0.2, 0.25) is 0 Å². The minimum Gasteiger partial charge on any atom is -0.376 e. The second kappa shape index (κ2) is 7.83. The molecule has 0 aliphatic carbocycles. The van der Waals surface area contributed by atoms with Gasteiger partial charge in [-0.25, -0.2) is 9.97 Å². The standard InChI is InChI=1S/C22H25N5O2/c28-21(10-15-11-23-20-6-2-1-5-18(15)20)25-17-4-3-8-27(13-17)22-24-12-16-14-29-9-7-19(16)26-22/h1-2,5-6,11-12,17,23H,3-4,7-10,13-14H2,(H,25,28)/t17-/m1/s1. The summed E-state index contributed by atoms with van der Waals surface area (Å²) in [5.41, 5.74) is 4.27. The van der Waals surface area contributed by atoms with Crippen molar-refractivity contribution in [3.8, 4) is 0 Å². The third kappa shape index (κ3) is 3.82. The van der Waals surface area contributed by atoms with E-state index in [-0.39, 0.29) is 11.9 Å². The molecule has 2 aliphatic rings. The average Bonchev–Trinajstić information content (AvgIpc) is 3.16. The lowest BCUT2D eigenvalue weighted by Crippen LogP contribution is -2.48. The average molecular weight is 391 g/mol. The Labute approximate surface area is 169 Å². The summed E-state index contributed by atoms with van der Waals surface area (Å²) in [4.78, 5) is 27.4. The van der Waals surface area contributed by atoms with E-state index in [0.29, 0.717) is 13.0 Å². The Kier molecular flexibility index (Phi) is 4.89. The number of nitrogens with one attached hydrogen (secondary N) is 2. The highest BCUT2D eigenvalue weighted by atomic mass is 16.5. The van der Waals surface area contributed by atoms with Crippen LogP contribution in [0.5, 0.6) is 0 Å². The Morgan fingerprint density at radius 2 is 2.28 bits per heavy atom. The van der Waals surface area contributed by atoms with Crippen LogP contribution in [-0.2, 0) is 29.0 Å². The number of fused-ring (bicyclic) bond motifs is 2. The SMILES string of the molecule is O=C(Cc1c[nH]c2ccccc12)N[C@@H]1CCCN(c2ncc3c(n2)CCOC3)C1. The third-order valence-corrected chi connectivity index (χ3v) is 5.78. The van der Waals surface area contributed by atoms with Crippen LogP contribution in [0, 0.1) is 0 Å². The molecule has 1 saturated heterocycles. The number of anilines is 1. The van der Waals surface area contributed by atoms with Crippen molar-refractivity contribution in [3.63, 3.8) is 0 Å². The molecular formula is C22H25N5O2. The monoisotopic (exact) mass is 391 g/mol. The lowest BCUT2D eigenvalue weighted by Gasteiger charge is -2.33. The Morgan fingerprint density at radius 3 is 3.24 bits per heavy atom. The van der Waals surface area contributed by atoms with Crippen molar-refractivity contribution < 1.29 is 9.53 Å². The molecular weight excluding hydrogens is 366 g/mol. The molecule has 7 heteroatoms. The van der Waals surface area contributed by atoms with Crippen molar-refractivity contribution in [1.29, 1.82) is 0 Å². The molecule has 150 valence electrons. The zero-order valence-electron chi connectivity index (χ0n) is 16.4. The van der Waals surface area contributed by atoms with Gasteiger partial charge in [0.25, 0.3) is 0 Å². The number of nitrogens with zero attached hydrogens (tertiary/aromatic N) is 3. The highest BCUT2D eigenvalue weighted by Crippen LogP contribution is 2.21. The van der Waals surface area contributed by atoms with E-state index in [0.717, 1.165) is 72.6 Å². The van der Waals surface area contributed by atoms with Crippen molar-refractivity contribution in [2.45, 2.75) is 38.3 Å². The molecule has 0 saturated carbocycles. The van der Waals surface area contributed by atoms with Gasteiger partial charge < -0.3 is 19.9 Å². The van der Waals surface area contributed by atoms with Crippen molar-refractivity contribution >= 4 is 22.8 Å². The Bertz CT molecular complexity index is 1030. The Balaban J connectivity index is 1.23. The fraction of sp³-hybridized carbons (Fsp3) is 0.409. The summed E-state index contributed by atoms with van der Waals surface area (Å²) in [6.07, 6.45) is 7.04. The van der Waals surface area contributed by atoms with Crippen LogP contribution in [0.25, 0.3) is 10.9 Å². The first-order valence-electron chi connectivity index (χ1n) is 10.3. The fourth-order valence-corrected chi connectivity index (χ4v) is 4.28. The number of amides is 1. The maximum Gasteiger partial charge on any atom is 0.225 e. The number of piperidine rings is 1. The zero-order chi connectivity index (χ0) is 19.6. The summed E-state index contributed by atoms with van der Waals surface area (Å²) in [5.74, 6) is 0.825. The van der Waals surface area contributed by atoms with Gasteiger partial charge in [-0.15, -0.1) is 0 Å². The lowest BCUT2D eigenvalue weighted by molar-refractivity contribution is -0.121. The van der Waals surface area contributed by atoms with E-state index in [9.17, 15) is 4.79 Å². The molecule has 1 atom stereocenters. The van der Waals surface area contributed by atoms with Gasteiger partial charge in [-0.2, -0.15) is 0 Å². The maximum absolute atomic E-state index is 12.7. The number of hydrogen-bond acceptors (Lipinski definition) is 5. The van der Waals surface area contributed by atoms with Gasteiger partial charge in [-0.3, -0.25) is 4.79 Å². The van der Waals surface area contributed by atoms with Crippen LogP contribution in [0.4, 0.5) is 5.95 Å². The first-order valence-corrected chi connectivity index (χ1v) is 10.3. The van der Waals surface area contributed by atoms with E-state index in [1.165, 1.54) is 0 Å². The lowest BCUT2D eigenvalue weighted by atomic mass is 10.0. The first kappa shape index (κ1) is 18.1. The van der Waals surface area contributed by atoms with Crippen LogP contribution in [0.1, 0.15) is 29.7 Å². The first-order chi connectivity index (χ1) is 14.3. The number of aromatic nitrogens is 3. The van der Waals surface area contributed by atoms with Gasteiger partial charge in [0.15, 0.2) is 0 Å². The van der Waals surface area contributed by atoms with E-state index < -0.39 is 0 Å². The predicted molar refractivity (Wildman–Crippen MR) is 111 cm³/mol. The maximum atomic E-state index is 12.7. The van der Waals surface area contributed by atoms with Crippen molar-refractivity contribution in [1.82, 2.24) is 20.3 Å². The predicted octanol–water partition coefficient (Wildman–Crippen LogP) is 2.36. The molecule has 3 aromatic rings. The second-order valence-corrected chi connectivity index (χ2v) is 7.83. The Morgan fingerprint density at radius 1 is 1.34 bits per heavy atom. The molecule has 29 heavy (non-hydrogen) atoms. The summed E-state index contributed by atoms with van der Waals surface area (Å²) in [6, 6.07) is 8.19. The minimum atomic E-state index is 0.0603. The topological polar surface area (TPSA) is 83.1 Å². The van der Waals surface area contributed by atoms with Gasteiger partial charge in [0.05, 0.1) is 25.3 Å². The molecule has 0 radical (unpaired) electrons. The van der Waals surface area contributed by atoms with Gasteiger partial charge in [0.2, 0.25) is 11.9 Å². The van der Waals surface area contributed by atoms with Crippen LogP contribution in [0.3, 0.4) is 0 Å². The van der Waals surface area contributed by atoms with Crippen molar-refractivity contribution in [3.05, 3.63) is 53.5 Å². The molecule has 1 fully saturated rings. The molecule has 7 nitrogen and oxygen atoms in total. The van der Waals surface area contributed by atoms with Crippen LogP contribution in [-0.4, -0.2) is 46.6 Å². The van der Waals surface area contributed by atoms with Gasteiger partial charge in [-0.1, -0.05) is 18.2 Å². The molecule has 4 heterocycles. The smallest absolute Gasteiger partial charge is 0.225 e. The third-order valence-electron chi connectivity index (χ3n) is 5.78.